The molecule has 3 aromatic heterocycles. The number of aromatic nitrogens is 3. The quantitative estimate of drug-likeness (QED) is 0.482. The van der Waals surface area contributed by atoms with Crippen LogP contribution in [0, 0.1) is 6.92 Å². The summed E-state index contributed by atoms with van der Waals surface area (Å²) in [4.78, 5) is 30.3. The van der Waals surface area contributed by atoms with Gasteiger partial charge < -0.3 is 10.2 Å². The van der Waals surface area contributed by atoms with Crippen LogP contribution in [0.1, 0.15) is 17.8 Å². The molecule has 0 saturated carbocycles. The van der Waals surface area contributed by atoms with E-state index in [4.69, 9.17) is 0 Å². The van der Waals surface area contributed by atoms with Gasteiger partial charge in [-0.05, 0) is 42.2 Å². The smallest absolute Gasteiger partial charge is 0.242 e. The van der Waals surface area contributed by atoms with E-state index in [-0.39, 0.29) is 12.5 Å². The molecule has 1 amide bonds. The van der Waals surface area contributed by atoms with Gasteiger partial charge in [-0.1, -0.05) is 42.5 Å². The molecule has 4 heterocycles. The molecule has 0 aliphatic carbocycles. The van der Waals surface area contributed by atoms with Crippen molar-refractivity contribution < 1.29 is 4.79 Å². The fraction of sp³-hybridized carbons (Fsp3) is 0.200. The Morgan fingerprint density at radius 1 is 1.12 bits per heavy atom. The van der Waals surface area contributed by atoms with E-state index in [9.17, 15) is 4.79 Å². The number of hydrogen-bond donors (Lipinski definition) is 1. The Kier molecular flexibility index (Phi) is 5.64. The zero-order valence-corrected chi connectivity index (χ0v) is 18.6. The summed E-state index contributed by atoms with van der Waals surface area (Å²) in [5.41, 5.74) is 3.36. The lowest BCUT2D eigenvalue weighted by molar-refractivity contribution is -0.128. The molecule has 0 saturated heterocycles. The Morgan fingerprint density at radius 3 is 2.78 bits per heavy atom. The third kappa shape index (κ3) is 4.24. The number of hydrogen-bond acceptors (Lipinski definition) is 6. The minimum atomic E-state index is 0.0578. The van der Waals surface area contributed by atoms with Gasteiger partial charge in [0, 0.05) is 30.4 Å². The van der Waals surface area contributed by atoms with Crippen LogP contribution in [-0.2, 0) is 4.79 Å². The molecule has 32 heavy (non-hydrogen) atoms. The van der Waals surface area contributed by atoms with Crippen LogP contribution in [-0.4, -0.2) is 45.4 Å². The van der Waals surface area contributed by atoms with Crippen LogP contribution in [0.2, 0.25) is 0 Å². The first-order valence-electron chi connectivity index (χ1n) is 10.6. The van der Waals surface area contributed by atoms with Gasteiger partial charge in [0.2, 0.25) is 5.91 Å². The van der Waals surface area contributed by atoms with Gasteiger partial charge in [-0.2, -0.15) is 0 Å². The van der Waals surface area contributed by atoms with E-state index in [1.54, 1.807) is 17.5 Å². The molecule has 6 nitrogen and oxygen atoms in total. The van der Waals surface area contributed by atoms with Gasteiger partial charge in [-0.3, -0.25) is 9.78 Å². The van der Waals surface area contributed by atoms with Crippen molar-refractivity contribution in [1.82, 2.24) is 19.9 Å². The number of nitrogens with zero attached hydrogens (tertiary/aromatic N) is 4. The van der Waals surface area contributed by atoms with Crippen molar-refractivity contribution >= 4 is 38.9 Å². The first-order chi connectivity index (χ1) is 15.7. The predicted molar refractivity (Wildman–Crippen MR) is 129 cm³/mol. The van der Waals surface area contributed by atoms with Crippen molar-refractivity contribution in [3.05, 3.63) is 78.4 Å². The maximum atomic E-state index is 13.0. The van der Waals surface area contributed by atoms with Crippen molar-refractivity contribution in [3.63, 3.8) is 0 Å². The Labute approximate surface area is 190 Å². The number of amides is 1. The Balaban J connectivity index is 1.32. The molecule has 5 rings (SSSR count). The lowest BCUT2D eigenvalue weighted by Gasteiger charge is -2.27. The van der Waals surface area contributed by atoms with Crippen LogP contribution >= 0.6 is 11.3 Å². The van der Waals surface area contributed by atoms with Crippen LogP contribution in [0.25, 0.3) is 26.2 Å². The maximum Gasteiger partial charge on any atom is 0.242 e. The normalized spacial score (nSPS) is 13.8. The first kappa shape index (κ1) is 20.3. The lowest BCUT2D eigenvalue weighted by Crippen LogP contribution is -2.39. The van der Waals surface area contributed by atoms with E-state index in [1.807, 2.05) is 48.4 Å². The third-order valence-electron chi connectivity index (χ3n) is 5.51. The van der Waals surface area contributed by atoms with E-state index >= 15 is 0 Å². The second-order valence-electron chi connectivity index (χ2n) is 7.74. The van der Waals surface area contributed by atoms with Crippen LogP contribution in [0.4, 0.5) is 5.82 Å². The number of fused-ring (bicyclic) bond motifs is 1. The molecular weight excluding hydrogens is 418 g/mol. The van der Waals surface area contributed by atoms with Crippen LogP contribution < -0.4 is 5.32 Å². The number of thiophene rings is 1. The van der Waals surface area contributed by atoms with Crippen LogP contribution in [0.15, 0.2) is 67.0 Å². The molecule has 0 unspecified atom stereocenters. The molecule has 1 aliphatic heterocycles. The molecule has 1 aliphatic rings. The Bertz CT molecular complexity index is 1280. The minimum Gasteiger partial charge on any atom is -0.360 e. The summed E-state index contributed by atoms with van der Waals surface area (Å²) in [7, 11) is 0. The highest BCUT2D eigenvalue weighted by molar-refractivity contribution is 7.21. The van der Waals surface area contributed by atoms with Gasteiger partial charge in [0.1, 0.15) is 16.5 Å². The van der Waals surface area contributed by atoms with Gasteiger partial charge in [0.05, 0.1) is 11.9 Å². The topological polar surface area (TPSA) is 71.0 Å². The first-order valence-corrected chi connectivity index (χ1v) is 11.4. The molecule has 160 valence electrons. The highest BCUT2D eigenvalue weighted by atomic mass is 32.1. The van der Waals surface area contributed by atoms with Gasteiger partial charge in [0.25, 0.3) is 0 Å². The van der Waals surface area contributed by atoms with E-state index in [2.05, 4.69) is 44.5 Å². The van der Waals surface area contributed by atoms with E-state index in [1.165, 1.54) is 0 Å². The Hall–Kier alpha value is -3.58. The fourth-order valence-corrected chi connectivity index (χ4v) is 4.98. The van der Waals surface area contributed by atoms with Crippen molar-refractivity contribution in [2.24, 2.45) is 0 Å². The van der Waals surface area contributed by atoms with Gasteiger partial charge in [-0.25, -0.2) is 9.97 Å². The fourth-order valence-electron chi connectivity index (χ4n) is 3.90. The molecule has 0 radical (unpaired) electrons. The molecule has 1 N–H and O–H groups in total. The molecule has 0 bridgehead atoms. The number of anilines is 1. The number of carbonyl (C=O) groups excluding carboxylic acids is 1. The number of nitrogens with one attached hydrogen (secondary N) is 1. The summed E-state index contributed by atoms with van der Waals surface area (Å²) in [6.07, 6.45) is 6.65. The van der Waals surface area contributed by atoms with E-state index in [0.29, 0.717) is 18.2 Å². The number of pyridine rings is 1. The van der Waals surface area contributed by atoms with Gasteiger partial charge >= 0.3 is 0 Å². The highest BCUT2D eigenvalue weighted by Crippen LogP contribution is 2.35. The second kappa shape index (κ2) is 8.88. The molecular formula is C25H23N5OS. The van der Waals surface area contributed by atoms with Crippen molar-refractivity contribution in [2.75, 3.05) is 25.0 Å². The lowest BCUT2D eigenvalue weighted by atomic mass is 10.0. The third-order valence-corrected chi connectivity index (χ3v) is 6.58. The maximum absolute atomic E-state index is 13.0. The summed E-state index contributed by atoms with van der Waals surface area (Å²) >= 11 is 1.64. The van der Waals surface area contributed by atoms with Crippen LogP contribution in [0.3, 0.4) is 0 Å². The summed E-state index contributed by atoms with van der Waals surface area (Å²) in [5, 5.41) is 4.22. The summed E-state index contributed by atoms with van der Waals surface area (Å²) in [6, 6.07) is 16.3. The summed E-state index contributed by atoms with van der Waals surface area (Å²) in [6.45, 7) is 3.40. The summed E-state index contributed by atoms with van der Waals surface area (Å²) in [5.74, 6) is 1.45. The summed E-state index contributed by atoms with van der Waals surface area (Å²) < 4.78 is 0. The Morgan fingerprint density at radius 2 is 1.97 bits per heavy atom. The zero-order chi connectivity index (χ0) is 21.9. The molecule has 0 spiro atoms. The van der Waals surface area contributed by atoms with Crippen molar-refractivity contribution in [3.8, 4) is 10.4 Å². The second-order valence-corrected chi connectivity index (χ2v) is 8.77. The number of carbonyl (C=O) groups is 1. The number of rotatable bonds is 5. The zero-order valence-electron chi connectivity index (χ0n) is 17.8. The number of aryl methyl sites for hydroxylation is 1. The predicted octanol–water partition coefficient (Wildman–Crippen LogP) is 4.79. The van der Waals surface area contributed by atoms with Gasteiger partial charge in [0.15, 0.2) is 0 Å². The monoisotopic (exact) mass is 441 g/mol. The average molecular weight is 442 g/mol. The average Bonchev–Trinajstić information content (AvgIpc) is 3.27. The molecule has 0 atom stereocenters. The van der Waals surface area contributed by atoms with Crippen LogP contribution in [0.5, 0.6) is 0 Å². The SMILES string of the molecule is Cc1nc(NCC(=O)N2CCC=C(c3cccnc3)C2)c2cc(-c3ccccc3)sc2n1. The van der Waals surface area contributed by atoms with Gasteiger partial charge in [-0.15, -0.1) is 11.3 Å². The van der Waals surface area contributed by atoms with Crippen molar-refractivity contribution in [1.29, 1.82) is 0 Å². The van der Waals surface area contributed by atoms with E-state index < -0.39 is 0 Å². The standard InChI is InChI=1S/C25H23N5OS/c1-17-28-24(21-13-22(32-25(21)29-17)18-7-3-2-4-8-18)27-15-23(31)30-12-6-10-20(16-30)19-9-5-11-26-14-19/h2-5,7-11,13-14H,6,12,15-16H2,1H3,(H,27,28,29). The minimum absolute atomic E-state index is 0.0578. The van der Waals surface area contributed by atoms with E-state index in [0.717, 1.165) is 44.8 Å². The molecule has 1 aromatic carbocycles. The van der Waals surface area contributed by atoms with Crippen molar-refractivity contribution in [2.45, 2.75) is 13.3 Å². The molecule has 0 fully saturated rings. The largest absolute Gasteiger partial charge is 0.360 e. The number of benzene rings is 1. The highest BCUT2D eigenvalue weighted by Gasteiger charge is 2.20. The molecule has 7 heteroatoms. The molecule has 4 aromatic rings.